The molecule has 0 saturated carbocycles. The summed E-state index contributed by atoms with van der Waals surface area (Å²) in [6.45, 7) is 4.54. The molecule has 2 aromatic heterocycles. The second kappa shape index (κ2) is 9.16. The summed E-state index contributed by atoms with van der Waals surface area (Å²) < 4.78 is 0. The number of hydrogen-bond acceptors (Lipinski definition) is 6. The predicted octanol–water partition coefficient (Wildman–Crippen LogP) is 5.21. The van der Waals surface area contributed by atoms with Crippen LogP contribution in [-0.4, -0.2) is 32.4 Å². The number of thioether (sulfide) groups is 1. The van der Waals surface area contributed by atoms with Gasteiger partial charge in [0.25, 0.3) is 0 Å². The van der Waals surface area contributed by atoms with Crippen LogP contribution in [0.3, 0.4) is 0 Å². The monoisotopic (exact) mass is 414 g/mol. The summed E-state index contributed by atoms with van der Waals surface area (Å²) in [7, 11) is 0. The van der Waals surface area contributed by atoms with Crippen LogP contribution in [-0.2, 0) is 13.0 Å². The van der Waals surface area contributed by atoms with Crippen molar-refractivity contribution in [2.75, 3.05) is 11.2 Å². The highest BCUT2D eigenvalue weighted by molar-refractivity contribution is 7.98. The lowest BCUT2D eigenvalue weighted by Gasteiger charge is -2.19. The van der Waals surface area contributed by atoms with Crippen molar-refractivity contribution in [2.24, 2.45) is 5.92 Å². The first-order chi connectivity index (χ1) is 13.5. The van der Waals surface area contributed by atoms with Crippen molar-refractivity contribution >= 4 is 35.0 Å². The molecule has 28 heavy (non-hydrogen) atoms. The number of thiazole rings is 1. The van der Waals surface area contributed by atoms with E-state index < -0.39 is 6.09 Å². The quantitative estimate of drug-likeness (QED) is 0.422. The van der Waals surface area contributed by atoms with E-state index in [9.17, 15) is 9.90 Å². The molecule has 0 aliphatic carbocycles. The van der Waals surface area contributed by atoms with Gasteiger partial charge in [0.15, 0.2) is 5.16 Å². The summed E-state index contributed by atoms with van der Waals surface area (Å²) in [6, 6.07) is 11.2. The fourth-order valence-corrected chi connectivity index (χ4v) is 4.12. The standard InChI is InChI=1S/C20H22N4O2S2/c1-13(2)9-18-21-11-16(28-18)15-10-17(23-19(22-15)27-3)24(20(25)26)12-14-7-5-4-6-8-14/h4-8,10-11,13H,9,12H2,1-3H3,(H,25,26). The van der Waals surface area contributed by atoms with E-state index in [1.165, 1.54) is 16.7 Å². The second-order valence-corrected chi connectivity index (χ2v) is 8.56. The first-order valence-corrected chi connectivity index (χ1v) is 10.9. The number of benzene rings is 1. The van der Waals surface area contributed by atoms with E-state index in [4.69, 9.17) is 0 Å². The van der Waals surface area contributed by atoms with Crippen LogP contribution in [0.25, 0.3) is 10.6 Å². The van der Waals surface area contributed by atoms with Crippen molar-refractivity contribution in [1.82, 2.24) is 15.0 Å². The molecule has 2 heterocycles. The molecule has 1 aromatic carbocycles. The van der Waals surface area contributed by atoms with Crippen LogP contribution in [0.15, 0.2) is 47.8 Å². The van der Waals surface area contributed by atoms with Gasteiger partial charge in [-0.05, 0) is 17.7 Å². The topological polar surface area (TPSA) is 79.2 Å². The van der Waals surface area contributed by atoms with Gasteiger partial charge in [-0.15, -0.1) is 11.3 Å². The smallest absolute Gasteiger partial charge is 0.413 e. The minimum atomic E-state index is -1.05. The van der Waals surface area contributed by atoms with E-state index >= 15 is 0 Å². The number of carbonyl (C=O) groups is 1. The van der Waals surface area contributed by atoms with E-state index in [-0.39, 0.29) is 6.54 Å². The van der Waals surface area contributed by atoms with E-state index in [1.807, 2.05) is 36.6 Å². The largest absolute Gasteiger partial charge is 0.465 e. The van der Waals surface area contributed by atoms with Gasteiger partial charge < -0.3 is 5.11 Å². The highest BCUT2D eigenvalue weighted by Crippen LogP contribution is 2.30. The number of hydrogen-bond donors (Lipinski definition) is 1. The zero-order valence-electron chi connectivity index (χ0n) is 16.0. The van der Waals surface area contributed by atoms with Crippen LogP contribution in [0.1, 0.15) is 24.4 Å². The summed E-state index contributed by atoms with van der Waals surface area (Å²) in [5.41, 5.74) is 1.59. The highest BCUT2D eigenvalue weighted by atomic mass is 32.2. The van der Waals surface area contributed by atoms with Crippen LogP contribution in [0.2, 0.25) is 0 Å². The second-order valence-electron chi connectivity index (χ2n) is 6.67. The Morgan fingerprint density at radius 1 is 1.25 bits per heavy atom. The molecule has 8 heteroatoms. The number of anilines is 1. The first kappa shape index (κ1) is 20.3. The number of nitrogens with zero attached hydrogens (tertiary/aromatic N) is 4. The van der Waals surface area contributed by atoms with Crippen molar-refractivity contribution < 1.29 is 9.90 Å². The maximum Gasteiger partial charge on any atom is 0.413 e. The summed E-state index contributed by atoms with van der Waals surface area (Å²) in [5, 5.41) is 11.3. The minimum Gasteiger partial charge on any atom is -0.465 e. The molecular weight excluding hydrogens is 392 g/mol. The van der Waals surface area contributed by atoms with Crippen molar-refractivity contribution in [2.45, 2.75) is 32.0 Å². The third-order valence-electron chi connectivity index (χ3n) is 3.95. The highest BCUT2D eigenvalue weighted by Gasteiger charge is 2.20. The number of carboxylic acid groups (broad SMARTS) is 1. The lowest BCUT2D eigenvalue weighted by molar-refractivity contribution is 0.201. The van der Waals surface area contributed by atoms with Crippen molar-refractivity contribution in [3.63, 3.8) is 0 Å². The molecule has 0 aliphatic heterocycles. The number of aromatic nitrogens is 3. The maximum atomic E-state index is 11.9. The third kappa shape index (κ3) is 5.08. The van der Waals surface area contributed by atoms with Crippen molar-refractivity contribution in [3.8, 4) is 10.6 Å². The van der Waals surface area contributed by atoms with Gasteiger partial charge in [0.2, 0.25) is 0 Å². The van der Waals surface area contributed by atoms with Gasteiger partial charge in [-0.1, -0.05) is 55.9 Å². The van der Waals surface area contributed by atoms with Crippen LogP contribution in [0.5, 0.6) is 0 Å². The summed E-state index contributed by atoms with van der Waals surface area (Å²) >= 11 is 2.98. The Morgan fingerprint density at radius 3 is 2.64 bits per heavy atom. The predicted molar refractivity (Wildman–Crippen MR) is 114 cm³/mol. The van der Waals surface area contributed by atoms with Gasteiger partial charge >= 0.3 is 6.09 Å². The van der Waals surface area contributed by atoms with Crippen LogP contribution in [0.4, 0.5) is 10.6 Å². The molecule has 0 fully saturated rings. The van der Waals surface area contributed by atoms with Gasteiger partial charge in [0.1, 0.15) is 5.82 Å². The molecule has 146 valence electrons. The summed E-state index contributed by atoms with van der Waals surface area (Å²) in [4.78, 5) is 27.6. The number of amides is 1. The Labute approximate surface area is 172 Å². The molecule has 1 amide bonds. The zero-order valence-corrected chi connectivity index (χ0v) is 17.6. The molecule has 0 aliphatic rings. The van der Waals surface area contributed by atoms with E-state index in [0.717, 1.165) is 21.9 Å². The maximum absolute atomic E-state index is 11.9. The Balaban J connectivity index is 1.97. The van der Waals surface area contributed by atoms with Crippen LogP contribution >= 0.6 is 23.1 Å². The number of rotatable bonds is 7. The normalized spacial score (nSPS) is 11.0. The van der Waals surface area contributed by atoms with Crippen LogP contribution < -0.4 is 4.90 Å². The van der Waals surface area contributed by atoms with Crippen LogP contribution in [0, 0.1) is 5.92 Å². The molecule has 3 aromatic rings. The molecule has 1 N–H and O–H groups in total. The third-order valence-corrected chi connectivity index (χ3v) is 5.54. The Hall–Kier alpha value is -2.45. The fraction of sp³-hybridized carbons (Fsp3) is 0.300. The van der Waals surface area contributed by atoms with E-state index in [2.05, 4.69) is 28.8 Å². The molecule has 0 bridgehead atoms. The molecule has 6 nitrogen and oxygen atoms in total. The molecule has 0 radical (unpaired) electrons. The average Bonchev–Trinajstić information content (AvgIpc) is 3.14. The molecule has 3 rings (SSSR count). The first-order valence-electron chi connectivity index (χ1n) is 8.88. The molecular formula is C20H22N4O2S2. The van der Waals surface area contributed by atoms with Gasteiger partial charge in [0, 0.05) is 18.7 Å². The minimum absolute atomic E-state index is 0.224. The molecule has 0 atom stereocenters. The molecule has 0 saturated heterocycles. The van der Waals surface area contributed by atoms with Gasteiger partial charge in [0.05, 0.1) is 22.1 Å². The summed E-state index contributed by atoms with van der Waals surface area (Å²) in [5.74, 6) is 0.889. The average molecular weight is 415 g/mol. The van der Waals surface area contributed by atoms with Gasteiger partial charge in [-0.3, -0.25) is 4.90 Å². The Kier molecular flexibility index (Phi) is 6.64. The van der Waals surface area contributed by atoms with E-state index in [1.54, 1.807) is 23.6 Å². The lowest BCUT2D eigenvalue weighted by Crippen LogP contribution is -2.29. The fourth-order valence-electron chi connectivity index (χ4n) is 2.65. The van der Waals surface area contributed by atoms with Crippen molar-refractivity contribution in [3.05, 3.63) is 53.2 Å². The van der Waals surface area contributed by atoms with Crippen molar-refractivity contribution in [1.29, 1.82) is 0 Å². The van der Waals surface area contributed by atoms with E-state index in [0.29, 0.717) is 22.6 Å². The van der Waals surface area contributed by atoms with Gasteiger partial charge in [-0.25, -0.2) is 19.7 Å². The zero-order chi connectivity index (χ0) is 20.1. The Bertz CT molecular complexity index is 944. The molecule has 0 spiro atoms. The SMILES string of the molecule is CSc1nc(-c2cnc(CC(C)C)s2)cc(N(Cc2ccccc2)C(=O)O)n1. The lowest BCUT2D eigenvalue weighted by atomic mass is 10.1. The Morgan fingerprint density at radius 2 is 2.00 bits per heavy atom. The summed E-state index contributed by atoms with van der Waals surface area (Å²) in [6.07, 6.45) is 3.54. The molecule has 0 unspecified atom stereocenters. The van der Waals surface area contributed by atoms with Gasteiger partial charge in [-0.2, -0.15) is 0 Å².